The molecule has 37 heavy (non-hydrogen) atoms. The Bertz CT molecular complexity index is 1200. The summed E-state index contributed by atoms with van der Waals surface area (Å²) in [6.07, 6.45) is 6.26. The Balaban J connectivity index is 1.27. The van der Waals surface area contributed by atoms with Gasteiger partial charge in [-0.25, -0.2) is 13.1 Å². The lowest BCUT2D eigenvalue weighted by atomic mass is 9.82. The van der Waals surface area contributed by atoms with Crippen LogP contribution in [0.15, 0.2) is 59.5 Å². The molecule has 4 rings (SSSR count). The molecular weight excluding hydrogens is 490 g/mol. The number of carbonyl (C=O) groups excluding carboxylic acids is 3. The normalized spacial score (nSPS) is 21.5. The van der Waals surface area contributed by atoms with Gasteiger partial charge in [-0.2, -0.15) is 0 Å². The first kappa shape index (κ1) is 27.2. The summed E-state index contributed by atoms with van der Waals surface area (Å²) < 4.78 is 32.6. The first-order valence-corrected chi connectivity index (χ1v) is 14.6. The molecule has 1 saturated carbocycles. The van der Waals surface area contributed by atoms with E-state index in [1.165, 1.54) is 6.42 Å². The molecule has 1 aliphatic carbocycles. The van der Waals surface area contributed by atoms with Gasteiger partial charge in [0, 0.05) is 12.5 Å². The molecular formula is C29H35NO6S. The highest BCUT2D eigenvalue weighted by Crippen LogP contribution is 2.32. The van der Waals surface area contributed by atoms with E-state index in [2.05, 4.69) is 4.72 Å². The number of benzene rings is 2. The summed E-state index contributed by atoms with van der Waals surface area (Å²) in [5, 5.41) is 0. The first-order chi connectivity index (χ1) is 17.7. The zero-order valence-electron chi connectivity index (χ0n) is 21.2. The zero-order valence-corrected chi connectivity index (χ0v) is 22.0. The van der Waals surface area contributed by atoms with Crippen molar-refractivity contribution >= 4 is 27.6 Å². The number of Topliss-reactive ketones (excluding diaryl/α,β-unsaturated/α-hetero) is 2. The van der Waals surface area contributed by atoms with Gasteiger partial charge >= 0.3 is 5.97 Å². The van der Waals surface area contributed by atoms with Crippen LogP contribution in [0.25, 0.3) is 0 Å². The molecule has 7 nitrogen and oxygen atoms in total. The van der Waals surface area contributed by atoms with E-state index < -0.39 is 33.9 Å². The maximum absolute atomic E-state index is 13.0. The number of hydrogen-bond donors (Lipinski definition) is 1. The average molecular weight is 526 g/mol. The van der Waals surface area contributed by atoms with E-state index in [1.54, 1.807) is 37.3 Å². The number of ether oxygens (including phenoxy) is 1. The van der Waals surface area contributed by atoms with Crippen LogP contribution in [-0.4, -0.2) is 38.6 Å². The number of rotatable bonds is 11. The Morgan fingerprint density at radius 3 is 2.30 bits per heavy atom. The van der Waals surface area contributed by atoms with E-state index in [0.29, 0.717) is 25.2 Å². The van der Waals surface area contributed by atoms with Crippen molar-refractivity contribution in [2.24, 2.45) is 17.8 Å². The highest BCUT2D eigenvalue weighted by atomic mass is 32.2. The molecule has 3 unspecified atom stereocenters. The number of carbonyl (C=O) groups is 3. The maximum Gasteiger partial charge on any atom is 0.325 e. The van der Waals surface area contributed by atoms with Crippen molar-refractivity contribution in [3.8, 4) is 0 Å². The standard InChI is InChI=1S/C29H35NO6S/c1-20(27(31)26-28(32)25(36-29(26)33)19-22-8-4-2-5-9-22)18-23-14-12-21(13-15-23)16-17-30-37(34,35)24-10-6-3-7-11-24/h3,6-7,10-15,20,22,25-26,30H,2,4-5,8-9,16-19H2,1H3. The van der Waals surface area contributed by atoms with Crippen molar-refractivity contribution in [3.05, 3.63) is 65.7 Å². The second-order valence-electron chi connectivity index (χ2n) is 10.3. The van der Waals surface area contributed by atoms with Crippen LogP contribution in [-0.2, 0) is 42.0 Å². The number of ketones is 2. The Kier molecular flexibility index (Phi) is 8.92. The van der Waals surface area contributed by atoms with Gasteiger partial charge in [0.1, 0.15) is 0 Å². The summed E-state index contributed by atoms with van der Waals surface area (Å²) >= 11 is 0. The van der Waals surface area contributed by atoms with Gasteiger partial charge in [0.15, 0.2) is 23.6 Å². The van der Waals surface area contributed by atoms with Crippen molar-refractivity contribution in [1.29, 1.82) is 0 Å². The van der Waals surface area contributed by atoms with Gasteiger partial charge in [0.2, 0.25) is 10.0 Å². The molecule has 2 aromatic carbocycles. The van der Waals surface area contributed by atoms with E-state index in [4.69, 9.17) is 4.74 Å². The monoisotopic (exact) mass is 525 g/mol. The predicted molar refractivity (Wildman–Crippen MR) is 139 cm³/mol. The van der Waals surface area contributed by atoms with Gasteiger partial charge in [-0.05, 0) is 48.4 Å². The Morgan fingerprint density at radius 1 is 0.973 bits per heavy atom. The minimum absolute atomic E-state index is 0.230. The molecule has 1 N–H and O–H groups in total. The van der Waals surface area contributed by atoms with E-state index >= 15 is 0 Å². The SMILES string of the molecule is CC(Cc1ccc(CCNS(=O)(=O)c2ccccc2)cc1)C(=O)C1C(=O)OC(CC2CCCCC2)C1=O. The molecule has 8 heteroatoms. The molecule has 3 atom stereocenters. The topological polar surface area (TPSA) is 107 Å². The third-order valence-electron chi connectivity index (χ3n) is 7.46. The van der Waals surface area contributed by atoms with Gasteiger partial charge in [0.05, 0.1) is 4.90 Å². The minimum atomic E-state index is -3.55. The summed E-state index contributed by atoms with van der Waals surface area (Å²) in [5.41, 5.74) is 1.87. The molecule has 0 bridgehead atoms. The summed E-state index contributed by atoms with van der Waals surface area (Å²) in [6, 6.07) is 15.8. The Hall–Kier alpha value is -2.84. The molecule has 0 amide bonds. The lowest BCUT2D eigenvalue weighted by Gasteiger charge is -2.23. The average Bonchev–Trinajstić information content (AvgIpc) is 3.17. The highest BCUT2D eigenvalue weighted by Gasteiger charge is 2.49. The van der Waals surface area contributed by atoms with E-state index in [0.717, 1.165) is 36.8 Å². The summed E-state index contributed by atoms with van der Waals surface area (Å²) in [6.45, 7) is 2.00. The van der Waals surface area contributed by atoms with Gasteiger partial charge in [-0.3, -0.25) is 14.4 Å². The van der Waals surface area contributed by atoms with Crippen LogP contribution < -0.4 is 4.72 Å². The van der Waals surface area contributed by atoms with Gasteiger partial charge in [-0.1, -0.05) is 81.5 Å². The van der Waals surface area contributed by atoms with Gasteiger partial charge in [0.25, 0.3) is 0 Å². The van der Waals surface area contributed by atoms with Crippen molar-refractivity contribution in [1.82, 2.24) is 4.72 Å². The lowest BCUT2D eigenvalue weighted by Crippen LogP contribution is -2.33. The minimum Gasteiger partial charge on any atom is -0.453 e. The van der Waals surface area contributed by atoms with Crippen LogP contribution in [0.5, 0.6) is 0 Å². The van der Waals surface area contributed by atoms with Crippen molar-refractivity contribution in [3.63, 3.8) is 0 Å². The molecule has 2 aromatic rings. The summed E-state index contributed by atoms with van der Waals surface area (Å²) in [7, 11) is -3.55. The maximum atomic E-state index is 13.0. The van der Waals surface area contributed by atoms with Crippen LogP contribution >= 0.6 is 0 Å². The number of nitrogens with one attached hydrogen (secondary N) is 1. The van der Waals surface area contributed by atoms with Crippen LogP contribution in [0.3, 0.4) is 0 Å². The molecule has 0 spiro atoms. The number of sulfonamides is 1. The molecule has 1 aliphatic heterocycles. The third-order valence-corrected chi connectivity index (χ3v) is 8.94. The van der Waals surface area contributed by atoms with Crippen molar-refractivity contribution in [2.45, 2.75) is 69.3 Å². The molecule has 198 valence electrons. The summed E-state index contributed by atoms with van der Waals surface area (Å²) in [4.78, 5) is 38.6. The fourth-order valence-electron chi connectivity index (χ4n) is 5.31. The smallest absolute Gasteiger partial charge is 0.325 e. The molecule has 2 fully saturated rings. The Labute approximate surface area is 219 Å². The molecule has 2 aliphatic rings. The zero-order chi connectivity index (χ0) is 26.4. The number of hydrogen-bond acceptors (Lipinski definition) is 6. The number of cyclic esters (lactones) is 1. The van der Waals surface area contributed by atoms with E-state index in [9.17, 15) is 22.8 Å². The van der Waals surface area contributed by atoms with E-state index in [-0.39, 0.29) is 23.0 Å². The molecule has 0 radical (unpaired) electrons. The Morgan fingerprint density at radius 2 is 1.62 bits per heavy atom. The van der Waals surface area contributed by atoms with Crippen molar-refractivity contribution in [2.75, 3.05) is 6.54 Å². The van der Waals surface area contributed by atoms with E-state index in [1.807, 2.05) is 24.3 Å². The summed E-state index contributed by atoms with van der Waals surface area (Å²) in [5.74, 6) is -2.87. The van der Waals surface area contributed by atoms with Gasteiger partial charge < -0.3 is 4.74 Å². The first-order valence-electron chi connectivity index (χ1n) is 13.1. The largest absolute Gasteiger partial charge is 0.453 e. The quantitative estimate of drug-likeness (QED) is 0.351. The molecule has 1 saturated heterocycles. The van der Waals surface area contributed by atoms with Gasteiger partial charge in [-0.15, -0.1) is 0 Å². The fraction of sp³-hybridized carbons (Fsp3) is 0.483. The van der Waals surface area contributed by atoms with Crippen LogP contribution in [0.4, 0.5) is 0 Å². The lowest BCUT2D eigenvalue weighted by molar-refractivity contribution is -0.148. The number of esters is 1. The van der Waals surface area contributed by atoms with Crippen LogP contribution in [0.2, 0.25) is 0 Å². The van der Waals surface area contributed by atoms with Crippen molar-refractivity contribution < 1.29 is 27.5 Å². The second kappa shape index (κ2) is 12.1. The molecule has 1 heterocycles. The fourth-order valence-corrected chi connectivity index (χ4v) is 6.36. The third kappa shape index (κ3) is 6.93. The van der Waals surface area contributed by atoms with Crippen LogP contribution in [0, 0.1) is 17.8 Å². The van der Waals surface area contributed by atoms with Crippen LogP contribution in [0.1, 0.15) is 56.6 Å². The highest BCUT2D eigenvalue weighted by molar-refractivity contribution is 7.89. The second-order valence-corrected chi connectivity index (χ2v) is 12.1. The predicted octanol–water partition coefficient (Wildman–Crippen LogP) is 4.04. The molecule has 0 aromatic heterocycles.